The highest BCUT2D eigenvalue weighted by molar-refractivity contribution is 5.76. The van der Waals surface area contributed by atoms with Crippen LogP contribution in [0.3, 0.4) is 0 Å². The van der Waals surface area contributed by atoms with Crippen LogP contribution < -0.4 is 10.6 Å². The molecule has 1 saturated heterocycles. The van der Waals surface area contributed by atoms with Crippen LogP contribution in [0.1, 0.15) is 30.4 Å². The van der Waals surface area contributed by atoms with E-state index < -0.39 is 0 Å². The summed E-state index contributed by atoms with van der Waals surface area (Å²) in [4.78, 5) is 11.7. The average Bonchev–Trinajstić information content (AvgIpc) is 2.96. The summed E-state index contributed by atoms with van der Waals surface area (Å²) >= 11 is 0. The molecule has 0 radical (unpaired) electrons. The van der Waals surface area contributed by atoms with E-state index in [1.165, 1.54) is 11.1 Å². The molecule has 0 saturated carbocycles. The van der Waals surface area contributed by atoms with E-state index in [1.54, 1.807) is 0 Å². The molecule has 0 bridgehead atoms. The Morgan fingerprint density at radius 1 is 1.40 bits per heavy atom. The molecule has 1 aliphatic heterocycles. The zero-order valence-corrected chi connectivity index (χ0v) is 12.2. The molecular formula is C16H24N2O2. The first-order valence-electron chi connectivity index (χ1n) is 7.39. The Kier molecular flexibility index (Phi) is 6.02. The topological polar surface area (TPSA) is 50.4 Å². The van der Waals surface area contributed by atoms with Gasteiger partial charge in [-0.3, -0.25) is 4.79 Å². The fourth-order valence-electron chi connectivity index (χ4n) is 2.36. The van der Waals surface area contributed by atoms with Gasteiger partial charge in [-0.1, -0.05) is 24.3 Å². The van der Waals surface area contributed by atoms with Crippen molar-refractivity contribution >= 4 is 5.91 Å². The van der Waals surface area contributed by atoms with Crippen molar-refractivity contribution < 1.29 is 9.53 Å². The van der Waals surface area contributed by atoms with E-state index in [1.807, 2.05) is 18.2 Å². The van der Waals surface area contributed by atoms with Crippen molar-refractivity contribution in [3.63, 3.8) is 0 Å². The third-order valence-electron chi connectivity index (χ3n) is 3.66. The zero-order chi connectivity index (χ0) is 14.2. The van der Waals surface area contributed by atoms with Gasteiger partial charge in [-0.2, -0.15) is 0 Å². The number of amides is 1. The molecule has 0 aromatic heterocycles. The maximum atomic E-state index is 11.7. The molecular weight excluding hydrogens is 252 g/mol. The minimum atomic E-state index is 0.0908. The minimum absolute atomic E-state index is 0.0908. The Hall–Kier alpha value is -1.39. The van der Waals surface area contributed by atoms with E-state index in [2.05, 4.69) is 23.6 Å². The van der Waals surface area contributed by atoms with E-state index in [-0.39, 0.29) is 5.91 Å². The van der Waals surface area contributed by atoms with Crippen LogP contribution in [0.15, 0.2) is 24.3 Å². The summed E-state index contributed by atoms with van der Waals surface area (Å²) in [6, 6.07) is 8.11. The standard InChI is InChI=1S/C16H24N2O2/c1-13-5-2-3-6-14(13)11-18-16(19)8-9-17-12-15-7-4-10-20-15/h2-3,5-6,15,17H,4,7-12H2,1H3,(H,18,19). The van der Waals surface area contributed by atoms with Gasteiger partial charge in [-0.25, -0.2) is 0 Å². The van der Waals surface area contributed by atoms with Crippen molar-refractivity contribution in [1.82, 2.24) is 10.6 Å². The van der Waals surface area contributed by atoms with Crippen LogP contribution in [0, 0.1) is 6.92 Å². The van der Waals surface area contributed by atoms with Crippen molar-refractivity contribution in [2.45, 2.75) is 38.8 Å². The number of hydrogen-bond acceptors (Lipinski definition) is 3. The third-order valence-corrected chi connectivity index (χ3v) is 3.66. The normalized spacial score (nSPS) is 18.1. The van der Waals surface area contributed by atoms with Crippen LogP contribution in [0.4, 0.5) is 0 Å². The Labute approximate surface area is 120 Å². The van der Waals surface area contributed by atoms with Crippen molar-refractivity contribution in [1.29, 1.82) is 0 Å². The predicted octanol–water partition coefficient (Wildman–Crippen LogP) is 1.77. The third kappa shape index (κ3) is 4.94. The fourth-order valence-corrected chi connectivity index (χ4v) is 2.36. The summed E-state index contributed by atoms with van der Waals surface area (Å²) in [5, 5.41) is 6.24. The van der Waals surface area contributed by atoms with Gasteiger partial charge in [-0.15, -0.1) is 0 Å². The Morgan fingerprint density at radius 2 is 2.25 bits per heavy atom. The Balaban J connectivity index is 1.57. The van der Waals surface area contributed by atoms with Crippen molar-refractivity contribution in [2.75, 3.05) is 19.7 Å². The van der Waals surface area contributed by atoms with Gasteiger partial charge in [0, 0.05) is 32.7 Å². The predicted molar refractivity (Wildman–Crippen MR) is 79.5 cm³/mol. The van der Waals surface area contributed by atoms with Gasteiger partial charge >= 0.3 is 0 Å². The molecule has 20 heavy (non-hydrogen) atoms. The largest absolute Gasteiger partial charge is 0.377 e. The lowest BCUT2D eigenvalue weighted by Gasteiger charge is -2.11. The molecule has 1 heterocycles. The molecule has 1 fully saturated rings. The second-order valence-electron chi connectivity index (χ2n) is 5.29. The maximum Gasteiger partial charge on any atom is 0.221 e. The first-order valence-corrected chi connectivity index (χ1v) is 7.39. The summed E-state index contributed by atoms with van der Waals surface area (Å²) in [5.74, 6) is 0.0908. The molecule has 1 atom stereocenters. The van der Waals surface area contributed by atoms with Gasteiger partial charge < -0.3 is 15.4 Å². The monoisotopic (exact) mass is 276 g/mol. The van der Waals surface area contributed by atoms with Crippen molar-refractivity contribution in [3.05, 3.63) is 35.4 Å². The van der Waals surface area contributed by atoms with E-state index in [0.29, 0.717) is 25.6 Å². The fraction of sp³-hybridized carbons (Fsp3) is 0.562. The lowest BCUT2D eigenvalue weighted by atomic mass is 10.1. The SMILES string of the molecule is Cc1ccccc1CNC(=O)CCNCC1CCCO1. The number of hydrogen-bond donors (Lipinski definition) is 2. The highest BCUT2D eigenvalue weighted by atomic mass is 16.5. The lowest BCUT2D eigenvalue weighted by Crippen LogP contribution is -2.31. The molecule has 4 heteroatoms. The summed E-state index contributed by atoms with van der Waals surface area (Å²) < 4.78 is 5.52. The number of aryl methyl sites for hydroxylation is 1. The molecule has 110 valence electrons. The average molecular weight is 276 g/mol. The highest BCUT2D eigenvalue weighted by Gasteiger charge is 2.14. The second kappa shape index (κ2) is 8.02. The quantitative estimate of drug-likeness (QED) is 0.746. The van der Waals surface area contributed by atoms with Crippen LogP contribution in [0.2, 0.25) is 0 Å². The number of carbonyl (C=O) groups is 1. The van der Waals surface area contributed by atoms with Crippen LogP contribution >= 0.6 is 0 Å². The summed E-state index contributed by atoms with van der Waals surface area (Å²) in [6.45, 7) is 5.11. The van der Waals surface area contributed by atoms with Gasteiger partial charge in [0.1, 0.15) is 0 Å². The van der Waals surface area contributed by atoms with E-state index in [0.717, 1.165) is 26.0 Å². The first-order chi connectivity index (χ1) is 9.75. The molecule has 1 aromatic carbocycles. The van der Waals surface area contributed by atoms with E-state index in [4.69, 9.17) is 4.74 Å². The van der Waals surface area contributed by atoms with Crippen LogP contribution in [-0.4, -0.2) is 31.7 Å². The molecule has 1 aromatic rings. The smallest absolute Gasteiger partial charge is 0.221 e. The van der Waals surface area contributed by atoms with Gasteiger partial charge in [0.05, 0.1) is 6.10 Å². The summed E-state index contributed by atoms with van der Waals surface area (Å²) in [6.07, 6.45) is 3.14. The zero-order valence-electron chi connectivity index (χ0n) is 12.2. The maximum absolute atomic E-state index is 11.7. The number of rotatable bonds is 7. The lowest BCUT2D eigenvalue weighted by molar-refractivity contribution is -0.121. The molecule has 1 aliphatic rings. The highest BCUT2D eigenvalue weighted by Crippen LogP contribution is 2.10. The number of benzene rings is 1. The molecule has 0 spiro atoms. The van der Waals surface area contributed by atoms with E-state index >= 15 is 0 Å². The molecule has 2 N–H and O–H groups in total. The van der Waals surface area contributed by atoms with Crippen LogP contribution in [0.25, 0.3) is 0 Å². The number of carbonyl (C=O) groups excluding carboxylic acids is 1. The summed E-state index contributed by atoms with van der Waals surface area (Å²) in [5.41, 5.74) is 2.39. The Bertz CT molecular complexity index is 428. The van der Waals surface area contributed by atoms with Crippen molar-refractivity contribution in [2.24, 2.45) is 0 Å². The Morgan fingerprint density at radius 3 is 3.00 bits per heavy atom. The van der Waals surface area contributed by atoms with Gasteiger partial charge in [0.25, 0.3) is 0 Å². The molecule has 4 nitrogen and oxygen atoms in total. The van der Waals surface area contributed by atoms with Gasteiger partial charge in [0.2, 0.25) is 5.91 Å². The van der Waals surface area contributed by atoms with Crippen LogP contribution in [0.5, 0.6) is 0 Å². The molecule has 0 aliphatic carbocycles. The van der Waals surface area contributed by atoms with Crippen LogP contribution in [-0.2, 0) is 16.1 Å². The summed E-state index contributed by atoms with van der Waals surface area (Å²) in [7, 11) is 0. The first kappa shape index (κ1) is 15.0. The molecule has 1 unspecified atom stereocenters. The molecule has 1 amide bonds. The minimum Gasteiger partial charge on any atom is -0.377 e. The molecule has 2 rings (SSSR count). The number of nitrogens with one attached hydrogen (secondary N) is 2. The number of ether oxygens (including phenoxy) is 1. The van der Waals surface area contributed by atoms with Gasteiger partial charge in [-0.05, 0) is 30.9 Å². The van der Waals surface area contributed by atoms with Crippen molar-refractivity contribution in [3.8, 4) is 0 Å². The van der Waals surface area contributed by atoms with Gasteiger partial charge in [0.15, 0.2) is 0 Å². The second-order valence-corrected chi connectivity index (χ2v) is 5.29. The van der Waals surface area contributed by atoms with E-state index in [9.17, 15) is 4.79 Å².